The standard InChI is InChI=1S/C39H75NO4.C6H14/c1-6-10-14-17-18-21-26-35-42-43-36-27-25-33-40(39(41)32-22-13-9-4)34-28-29-37(5)44-38(30-23-19-15-11-7-2)31-24-20-16-12-8-3;1-3-5-6-4-2/h21,26,38H,5-20,22-25,27-36H2,1-4H3;3-6H2,1-2H3. The van der Waals surface area contributed by atoms with E-state index in [1.807, 2.05) is 6.08 Å². The maximum atomic E-state index is 13.0. The molecule has 298 valence electrons. The van der Waals surface area contributed by atoms with Crippen LogP contribution in [-0.2, 0) is 19.3 Å². The lowest BCUT2D eigenvalue weighted by Crippen LogP contribution is -2.33. The van der Waals surface area contributed by atoms with Gasteiger partial charge in [-0.25, -0.2) is 9.78 Å². The molecule has 0 fully saturated rings. The van der Waals surface area contributed by atoms with E-state index in [2.05, 4.69) is 59.1 Å². The second-order valence-electron chi connectivity index (χ2n) is 14.5. The van der Waals surface area contributed by atoms with Crippen LogP contribution in [-0.4, -0.2) is 43.2 Å². The Morgan fingerprint density at radius 2 is 1.04 bits per heavy atom. The summed E-state index contributed by atoms with van der Waals surface area (Å²) < 4.78 is 6.43. The summed E-state index contributed by atoms with van der Waals surface area (Å²) in [5.41, 5.74) is 0. The van der Waals surface area contributed by atoms with Crippen molar-refractivity contribution in [2.24, 2.45) is 0 Å². The highest BCUT2D eigenvalue weighted by Gasteiger charge is 2.15. The molecule has 0 unspecified atom stereocenters. The SMILES string of the molecule is C=C(CCCN(CCCCOOCC=CCCCCCC)C(=O)CCCCC)OC(CCCCCCC)CCCCCCC.CCCCCC. The van der Waals surface area contributed by atoms with Gasteiger partial charge >= 0.3 is 0 Å². The zero-order chi connectivity index (χ0) is 37.2. The number of allylic oxidation sites excluding steroid dienone is 2. The summed E-state index contributed by atoms with van der Waals surface area (Å²) in [5, 5.41) is 0. The minimum absolute atomic E-state index is 0.281. The van der Waals surface area contributed by atoms with Crippen molar-refractivity contribution in [1.29, 1.82) is 0 Å². The van der Waals surface area contributed by atoms with Crippen molar-refractivity contribution in [3.05, 3.63) is 24.5 Å². The third kappa shape index (κ3) is 39.5. The van der Waals surface area contributed by atoms with Crippen LogP contribution in [0.3, 0.4) is 0 Å². The van der Waals surface area contributed by atoms with Gasteiger partial charge in [0.25, 0.3) is 0 Å². The quantitative estimate of drug-likeness (QED) is 0.0211. The van der Waals surface area contributed by atoms with Gasteiger partial charge in [0.15, 0.2) is 0 Å². The molecule has 50 heavy (non-hydrogen) atoms. The molecule has 0 spiro atoms. The van der Waals surface area contributed by atoms with Gasteiger partial charge in [0.2, 0.25) is 5.91 Å². The molecule has 0 saturated heterocycles. The Balaban J connectivity index is 0. The molecule has 0 saturated carbocycles. The molecule has 1 amide bonds. The van der Waals surface area contributed by atoms with Gasteiger partial charge in [-0.2, -0.15) is 0 Å². The molecule has 0 aliphatic rings. The molecule has 5 heteroatoms. The second kappa shape index (κ2) is 43.8. The maximum Gasteiger partial charge on any atom is 0.222 e. The fraction of sp³-hybridized carbons (Fsp3) is 0.889. The molecule has 0 aliphatic heterocycles. The third-order valence-electron chi connectivity index (χ3n) is 9.32. The Labute approximate surface area is 314 Å². The first-order valence-electron chi connectivity index (χ1n) is 22.0. The predicted octanol–water partition coefficient (Wildman–Crippen LogP) is 14.6. The minimum Gasteiger partial charge on any atom is -0.495 e. The van der Waals surface area contributed by atoms with Gasteiger partial charge < -0.3 is 9.64 Å². The Hall–Kier alpha value is -1.33. The van der Waals surface area contributed by atoms with E-state index in [1.54, 1.807) is 0 Å². The monoisotopic (exact) mass is 708 g/mol. The molecular weight excluding hydrogens is 618 g/mol. The van der Waals surface area contributed by atoms with Gasteiger partial charge in [-0.05, 0) is 64.2 Å². The average Bonchev–Trinajstić information content (AvgIpc) is 3.11. The highest BCUT2D eigenvalue weighted by molar-refractivity contribution is 5.76. The number of ether oxygens (including phenoxy) is 1. The van der Waals surface area contributed by atoms with E-state index in [9.17, 15) is 4.79 Å². The van der Waals surface area contributed by atoms with Crippen molar-refractivity contribution < 1.29 is 19.3 Å². The smallest absolute Gasteiger partial charge is 0.222 e. The lowest BCUT2D eigenvalue weighted by atomic mass is 10.0. The van der Waals surface area contributed by atoms with E-state index in [-0.39, 0.29) is 5.91 Å². The van der Waals surface area contributed by atoms with Crippen LogP contribution in [0.2, 0.25) is 0 Å². The number of rotatable bonds is 38. The molecule has 0 radical (unpaired) electrons. The van der Waals surface area contributed by atoms with Crippen LogP contribution in [0.1, 0.15) is 228 Å². The Morgan fingerprint density at radius 1 is 0.540 bits per heavy atom. The molecule has 0 rings (SSSR count). The summed E-state index contributed by atoms with van der Waals surface area (Å²) in [7, 11) is 0. The van der Waals surface area contributed by atoms with Crippen LogP contribution in [0.5, 0.6) is 0 Å². The van der Waals surface area contributed by atoms with Gasteiger partial charge in [0.1, 0.15) is 6.61 Å². The fourth-order valence-corrected chi connectivity index (χ4v) is 6.01. The van der Waals surface area contributed by atoms with Crippen LogP contribution in [0.15, 0.2) is 24.5 Å². The van der Waals surface area contributed by atoms with Gasteiger partial charge in [-0.15, -0.1) is 0 Å². The normalized spacial score (nSPS) is 11.3. The van der Waals surface area contributed by atoms with Crippen molar-refractivity contribution in [1.82, 2.24) is 4.90 Å². The number of carbonyl (C=O) groups is 1. The van der Waals surface area contributed by atoms with Gasteiger partial charge in [0, 0.05) is 25.9 Å². The molecule has 0 aromatic rings. The zero-order valence-electron chi connectivity index (χ0n) is 34.9. The number of nitrogens with zero attached hydrogens (tertiary/aromatic N) is 1. The van der Waals surface area contributed by atoms with Crippen LogP contribution in [0, 0.1) is 0 Å². The summed E-state index contributed by atoms with van der Waals surface area (Å²) in [5.74, 6) is 1.18. The van der Waals surface area contributed by atoms with Crippen LogP contribution >= 0.6 is 0 Å². The molecule has 0 heterocycles. The van der Waals surface area contributed by atoms with Crippen molar-refractivity contribution in [2.45, 2.75) is 234 Å². The first kappa shape index (κ1) is 50.8. The first-order chi connectivity index (χ1) is 24.5. The van der Waals surface area contributed by atoms with Crippen molar-refractivity contribution in [3.8, 4) is 0 Å². The van der Waals surface area contributed by atoms with Crippen LogP contribution < -0.4 is 0 Å². The number of hydrogen-bond donors (Lipinski definition) is 0. The lowest BCUT2D eigenvalue weighted by molar-refractivity contribution is -0.286. The largest absolute Gasteiger partial charge is 0.495 e. The van der Waals surface area contributed by atoms with Gasteiger partial charge in [-0.3, -0.25) is 4.79 Å². The van der Waals surface area contributed by atoms with E-state index in [0.717, 1.165) is 83.1 Å². The molecule has 0 atom stereocenters. The van der Waals surface area contributed by atoms with Gasteiger partial charge in [0.05, 0.1) is 18.5 Å². The Morgan fingerprint density at radius 3 is 1.62 bits per heavy atom. The molecule has 0 aromatic heterocycles. The summed E-state index contributed by atoms with van der Waals surface area (Å²) in [6, 6.07) is 0. The molecule has 0 aliphatic carbocycles. The molecule has 5 nitrogen and oxygen atoms in total. The first-order valence-corrected chi connectivity index (χ1v) is 22.0. The summed E-state index contributed by atoms with van der Waals surface area (Å²) in [6.45, 7) is 20.3. The lowest BCUT2D eigenvalue weighted by Gasteiger charge is -2.24. The highest BCUT2D eigenvalue weighted by atomic mass is 17.2. The minimum atomic E-state index is 0.281. The average molecular weight is 708 g/mol. The Bertz CT molecular complexity index is 691. The number of amides is 1. The maximum absolute atomic E-state index is 13.0. The highest BCUT2D eigenvalue weighted by Crippen LogP contribution is 2.20. The molecule has 0 aromatic carbocycles. The van der Waals surface area contributed by atoms with Gasteiger partial charge in [-0.1, -0.05) is 169 Å². The fourth-order valence-electron chi connectivity index (χ4n) is 6.01. The number of hydrogen-bond acceptors (Lipinski definition) is 4. The van der Waals surface area contributed by atoms with Crippen LogP contribution in [0.25, 0.3) is 0 Å². The molecule has 0 bridgehead atoms. The van der Waals surface area contributed by atoms with Crippen molar-refractivity contribution in [3.63, 3.8) is 0 Å². The predicted molar refractivity (Wildman–Crippen MR) is 220 cm³/mol. The van der Waals surface area contributed by atoms with E-state index < -0.39 is 0 Å². The number of unbranched alkanes of at least 4 members (excludes halogenated alkanes) is 18. The van der Waals surface area contributed by atoms with E-state index >= 15 is 0 Å². The molecule has 0 N–H and O–H groups in total. The van der Waals surface area contributed by atoms with Crippen molar-refractivity contribution >= 4 is 5.91 Å². The summed E-state index contributed by atoms with van der Waals surface area (Å²) >= 11 is 0. The van der Waals surface area contributed by atoms with E-state index in [4.69, 9.17) is 14.5 Å². The third-order valence-corrected chi connectivity index (χ3v) is 9.32. The number of carbonyl (C=O) groups excluding carboxylic acids is 1. The Kier molecular flexibility index (Phi) is 44.5. The van der Waals surface area contributed by atoms with Crippen LogP contribution in [0.4, 0.5) is 0 Å². The van der Waals surface area contributed by atoms with E-state index in [1.165, 1.54) is 116 Å². The topological polar surface area (TPSA) is 48.0 Å². The van der Waals surface area contributed by atoms with Crippen molar-refractivity contribution in [2.75, 3.05) is 26.3 Å². The second-order valence-corrected chi connectivity index (χ2v) is 14.5. The van der Waals surface area contributed by atoms with E-state index in [0.29, 0.717) is 25.7 Å². The zero-order valence-corrected chi connectivity index (χ0v) is 34.9. The summed E-state index contributed by atoms with van der Waals surface area (Å²) in [6.07, 6.45) is 39.0. The molecular formula is C45H89NO4. The summed E-state index contributed by atoms with van der Waals surface area (Å²) in [4.78, 5) is 25.7.